The summed E-state index contributed by atoms with van der Waals surface area (Å²) in [6, 6.07) is 11.4. The second-order valence-corrected chi connectivity index (χ2v) is 5.40. The molecule has 6 heteroatoms. The highest BCUT2D eigenvalue weighted by atomic mass is 79.9. The molecule has 0 fully saturated rings. The first-order valence-electron chi connectivity index (χ1n) is 6.40. The van der Waals surface area contributed by atoms with Gasteiger partial charge in [0, 0.05) is 16.6 Å². The second-order valence-electron chi connectivity index (χ2n) is 4.48. The summed E-state index contributed by atoms with van der Waals surface area (Å²) in [6.07, 6.45) is 0. The largest absolute Gasteiger partial charge is 0.370 e. The predicted octanol–water partition coefficient (Wildman–Crippen LogP) is 1.83. The zero-order valence-corrected chi connectivity index (χ0v) is 12.9. The van der Waals surface area contributed by atoms with Crippen molar-refractivity contribution in [3.63, 3.8) is 0 Å². The standard InChI is InChI=1S/C15H15BrN2O3/c16-13-4-3-10-7-12(2-1-11(10)8-13)15(20)18-5-6-21-9-14(17)19/h1-4,7-8H,5-6,9H2,(H2,17,19)(H,18,20). The lowest BCUT2D eigenvalue weighted by Crippen LogP contribution is -2.28. The molecule has 0 aliphatic carbocycles. The number of hydrogen-bond acceptors (Lipinski definition) is 3. The summed E-state index contributed by atoms with van der Waals surface area (Å²) in [4.78, 5) is 22.5. The number of nitrogens with two attached hydrogens (primary N) is 1. The quantitative estimate of drug-likeness (QED) is 0.779. The van der Waals surface area contributed by atoms with Crippen LogP contribution in [0.1, 0.15) is 10.4 Å². The van der Waals surface area contributed by atoms with Crippen molar-refractivity contribution in [2.75, 3.05) is 19.8 Å². The van der Waals surface area contributed by atoms with Crippen molar-refractivity contribution in [1.82, 2.24) is 5.32 Å². The molecule has 0 atom stereocenters. The number of amides is 2. The Kier molecular flexibility index (Phi) is 5.30. The van der Waals surface area contributed by atoms with Crippen molar-refractivity contribution in [2.24, 2.45) is 5.73 Å². The molecule has 0 aliphatic rings. The summed E-state index contributed by atoms with van der Waals surface area (Å²) < 4.78 is 5.97. The zero-order valence-electron chi connectivity index (χ0n) is 11.3. The van der Waals surface area contributed by atoms with E-state index in [0.29, 0.717) is 12.1 Å². The molecule has 110 valence electrons. The molecular formula is C15H15BrN2O3. The molecule has 0 saturated heterocycles. The van der Waals surface area contributed by atoms with Gasteiger partial charge in [0.1, 0.15) is 6.61 Å². The molecule has 0 heterocycles. The number of nitrogens with one attached hydrogen (secondary N) is 1. The van der Waals surface area contributed by atoms with Gasteiger partial charge < -0.3 is 15.8 Å². The van der Waals surface area contributed by atoms with Crippen molar-refractivity contribution >= 4 is 38.5 Å². The first-order valence-corrected chi connectivity index (χ1v) is 7.19. The summed E-state index contributed by atoms with van der Waals surface area (Å²) in [7, 11) is 0. The molecule has 0 radical (unpaired) electrons. The third-order valence-electron chi connectivity index (χ3n) is 2.84. The van der Waals surface area contributed by atoms with Gasteiger partial charge in [0.15, 0.2) is 0 Å². The van der Waals surface area contributed by atoms with E-state index in [2.05, 4.69) is 21.2 Å². The number of benzene rings is 2. The molecular weight excluding hydrogens is 336 g/mol. The van der Waals surface area contributed by atoms with Crippen LogP contribution in [0.5, 0.6) is 0 Å². The monoisotopic (exact) mass is 350 g/mol. The summed E-state index contributed by atoms with van der Waals surface area (Å²) in [5, 5.41) is 4.78. The molecule has 21 heavy (non-hydrogen) atoms. The Balaban J connectivity index is 1.93. The highest BCUT2D eigenvalue weighted by molar-refractivity contribution is 9.10. The van der Waals surface area contributed by atoms with Gasteiger partial charge in [-0.05, 0) is 35.0 Å². The van der Waals surface area contributed by atoms with Crippen LogP contribution >= 0.6 is 15.9 Å². The van der Waals surface area contributed by atoms with Gasteiger partial charge in [-0.1, -0.05) is 28.1 Å². The van der Waals surface area contributed by atoms with E-state index in [-0.39, 0.29) is 19.1 Å². The van der Waals surface area contributed by atoms with Gasteiger partial charge in [-0.3, -0.25) is 9.59 Å². The molecule has 3 N–H and O–H groups in total. The van der Waals surface area contributed by atoms with E-state index in [0.717, 1.165) is 15.2 Å². The number of rotatable bonds is 6. The van der Waals surface area contributed by atoms with Crippen LogP contribution in [0.15, 0.2) is 40.9 Å². The zero-order chi connectivity index (χ0) is 15.2. The van der Waals surface area contributed by atoms with E-state index in [1.165, 1.54) is 0 Å². The van der Waals surface area contributed by atoms with E-state index in [1.54, 1.807) is 6.07 Å². The Bertz CT molecular complexity index is 673. The SMILES string of the molecule is NC(=O)COCCNC(=O)c1ccc2cc(Br)ccc2c1. The molecule has 5 nitrogen and oxygen atoms in total. The maximum atomic E-state index is 12.0. The van der Waals surface area contributed by atoms with E-state index in [4.69, 9.17) is 10.5 Å². The van der Waals surface area contributed by atoms with Crippen LogP contribution in [0.2, 0.25) is 0 Å². The topological polar surface area (TPSA) is 81.4 Å². The fourth-order valence-electron chi connectivity index (χ4n) is 1.87. The van der Waals surface area contributed by atoms with Crippen LogP contribution in [-0.2, 0) is 9.53 Å². The molecule has 2 aromatic carbocycles. The lowest BCUT2D eigenvalue weighted by Gasteiger charge is -2.07. The summed E-state index contributed by atoms with van der Waals surface area (Å²) in [5.74, 6) is -0.704. The summed E-state index contributed by atoms with van der Waals surface area (Å²) in [6.45, 7) is 0.431. The van der Waals surface area contributed by atoms with Crippen LogP contribution in [0, 0.1) is 0 Å². The Morgan fingerprint density at radius 3 is 2.62 bits per heavy atom. The molecule has 0 aromatic heterocycles. The van der Waals surface area contributed by atoms with Gasteiger partial charge in [-0.2, -0.15) is 0 Å². The lowest BCUT2D eigenvalue weighted by molar-refractivity contribution is -0.122. The Morgan fingerprint density at radius 1 is 1.14 bits per heavy atom. The average Bonchev–Trinajstić information content (AvgIpc) is 2.45. The van der Waals surface area contributed by atoms with E-state index in [1.807, 2.05) is 30.3 Å². The molecule has 2 rings (SSSR count). The molecule has 0 unspecified atom stereocenters. The van der Waals surface area contributed by atoms with E-state index < -0.39 is 5.91 Å². The van der Waals surface area contributed by atoms with Gasteiger partial charge in [-0.15, -0.1) is 0 Å². The van der Waals surface area contributed by atoms with Gasteiger partial charge >= 0.3 is 0 Å². The highest BCUT2D eigenvalue weighted by Crippen LogP contribution is 2.20. The third-order valence-corrected chi connectivity index (χ3v) is 3.33. The van der Waals surface area contributed by atoms with Crippen LogP contribution in [-0.4, -0.2) is 31.6 Å². The first kappa shape index (κ1) is 15.5. The Morgan fingerprint density at radius 2 is 1.86 bits per heavy atom. The van der Waals surface area contributed by atoms with Gasteiger partial charge in [0.05, 0.1) is 6.61 Å². The van der Waals surface area contributed by atoms with Crippen LogP contribution in [0.3, 0.4) is 0 Å². The number of carbonyl (C=O) groups is 2. The average molecular weight is 351 g/mol. The molecule has 2 amide bonds. The fraction of sp³-hybridized carbons (Fsp3) is 0.200. The van der Waals surface area contributed by atoms with Crippen molar-refractivity contribution in [1.29, 1.82) is 0 Å². The van der Waals surface area contributed by atoms with Gasteiger partial charge in [0.2, 0.25) is 5.91 Å². The normalized spacial score (nSPS) is 10.5. The fourth-order valence-corrected chi connectivity index (χ4v) is 2.25. The number of primary amides is 1. The Labute approximate surface area is 130 Å². The minimum absolute atomic E-state index is 0.138. The molecule has 0 saturated carbocycles. The summed E-state index contributed by atoms with van der Waals surface area (Å²) in [5.41, 5.74) is 5.52. The number of halogens is 1. The third kappa shape index (κ3) is 4.54. The minimum Gasteiger partial charge on any atom is -0.370 e. The van der Waals surface area contributed by atoms with Crippen LogP contribution in [0.4, 0.5) is 0 Å². The number of ether oxygens (including phenoxy) is 1. The lowest BCUT2D eigenvalue weighted by atomic mass is 10.1. The van der Waals surface area contributed by atoms with Crippen LogP contribution < -0.4 is 11.1 Å². The molecule has 0 aliphatic heterocycles. The Hall–Kier alpha value is -1.92. The number of hydrogen-bond donors (Lipinski definition) is 2. The predicted molar refractivity (Wildman–Crippen MR) is 84.0 cm³/mol. The summed E-state index contributed by atoms with van der Waals surface area (Å²) >= 11 is 3.41. The number of carbonyl (C=O) groups excluding carboxylic acids is 2. The van der Waals surface area contributed by atoms with Crippen molar-refractivity contribution in [3.8, 4) is 0 Å². The molecule has 0 bridgehead atoms. The van der Waals surface area contributed by atoms with Crippen molar-refractivity contribution in [2.45, 2.75) is 0 Å². The molecule has 2 aromatic rings. The maximum Gasteiger partial charge on any atom is 0.251 e. The van der Waals surface area contributed by atoms with Gasteiger partial charge in [-0.25, -0.2) is 0 Å². The smallest absolute Gasteiger partial charge is 0.251 e. The first-order chi connectivity index (χ1) is 10.1. The minimum atomic E-state index is -0.526. The van der Waals surface area contributed by atoms with Crippen LogP contribution in [0.25, 0.3) is 10.8 Å². The molecule has 0 spiro atoms. The highest BCUT2D eigenvalue weighted by Gasteiger charge is 2.06. The number of fused-ring (bicyclic) bond motifs is 1. The second kappa shape index (κ2) is 7.19. The van der Waals surface area contributed by atoms with Crippen molar-refractivity contribution < 1.29 is 14.3 Å². The van der Waals surface area contributed by atoms with Crippen molar-refractivity contribution in [3.05, 3.63) is 46.4 Å². The maximum absolute atomic E-state index is 12.0. The van der Waals surface area contributed by atoms with E-state index >= 15 is 0 Å². The van der Waals surface area contributed by atoms with Gasteiger partial charge in [0.25, 0.3) is 5.91 Å². The van der Waals surface area contributed by atoms with E-state index in [9.17, 15) is 9.59 Å².